The first kappa shape index (κ1) is 12.5. The summed E-state index contributed by atoms with van der Waals surface area (Å²) < 4.78 is 0. The standard InChI is InChI=1S/C11H22N2O2/c1-3-13(4-2)10(15)7-12-8-11(9-14)5-6-11/h12,14H,3-9H2,1-2H3. The normalized spacial score (nSPS) is 17.5. The summed E-state index contributed by atoms with van der Waals surface area (Å²) in [5.41, 5.74) is 0.0868. The third-order valence-electron chi connectivity index (χ3n) is 3.18. The van der Waals surface area contributed by atoms with E-state index in [1.54, 1.807) is 0 Å². The molecule has 0 spiro atoms. The lowest BCUT2D eigenvalue weighted by atomic mass is 10.1. The van der Waals surface area contributed by atoms with E-state index in [2.05, 4.69) is 5.32 Å². The molecular formula is C11H22N2O2. The third kappa shape index (κ3) is 3.47. The van der Waals surface area contributed by atoms with Gasteiger partial charge in [-0.2, -0.15) is 0 Å². The van der Waals surface area contributed by atoms with Crippen LogP contribution in [-0.4, -0.2) is 48.7 Å². The Bertz CT molecular complexity index is 211. The van der Waals surface area contributed by atoms with Crippen LogP contribution in [0.15, 0.2) is 0 Å². The zero-order chi connectivity index (χ0) is 11.3. The molecular weight excluding hydrogens is 192 g/mol. The van der Waals surface area contributed by atoms with E-state index >= 15 is 0 Å². The second-order valence-electron chi connectivity index (χ2n) is 4.33. The van der Waals surface area contributed by atoms with Crippen molar-refractivity contribution >= 4 is 5.91 Å². The highest BCUT2D eigenvalue weighted by atomic mass is 16.3. The molecule has 0 heterocycles. The zero-order valence-corrected chi connectivity index (χ0v) is 9.75. The Hall–Kier alpha value is -0.610. The van der Waals surface area contributed by atoms with Crippen molar-refractivity contribution in [3.05, 3.63) is 0 Å². The van der Waals surface area contributed by atoms with Crippen LogP contribution in [0.2, 0.25) is 0 Å². The summed E-state index contributed by atoms with van der Waals surface area (Å²) in [4.78, 5) is 13.4. The van der Waals surface area contributed by atoms with Gasteiger partial charge in [0.25, 0.3) is 0 Å². The van der Waals surface area contributed by atoms with E-state index in [-0.39, 0.29) is 17.9 Å². The Balaban J connectivity index is 2.16. The van der Waals surface area contributed by atoms with Crippen molar-refractivity contribution in [3.63, 3.8) is 0 Å². The number of rotatable bonds is 7. The lowest BCUT2D eigenvalue weighted by Gasteiger charge is -2.20. The number of carbonyl (C=O) groups excluding carboxylic acids is 1. The van der Waals surface area contributed by atoms with Gasteiger partial charge >= 0.3 is 0 Å². The Morgan fingerprint density at radius 2 is 2.00 bits per heavy atom. The lowest BCUT2D eigenvalue weighted by Crippen LogP contribution is -2.40. The van der Waals surface area contributed by atoms with Gasteiger partial charge in [0.15, 0.2) is 0 Å². The molecule has 2 N–H and O–H groups in total. The molecule has 0 atom stereocenters. The van der Waals surface area contributed by atoms with Crippen LogP contribution in [0.3, 0.4) is 0 Å². The van der Waals surface area contributed by atoms with Gasteiger partial charge in [-0.05, 0) is 26.7 Å². The van der Waals surface area contributed by atoms with E-state index in [1.807, 2.05) is 18.7 Å². The molecule has 4 heteroatoms. The van der Waals surface area contributed by atoms with E-state index in [0.717, 1.165) is 32.5 Å². The van der Waals surface area contributed by atoms with E-state index in [1.165, 1.54) is 0 Å². The Morgan fingerprint density at radius 3 is 2.40 bits per heavy atom. The van der Waals surface area contributed by atoms with Crippen LogP contribution in [0.25, 0.3) is 0 Å². The maximum Gasteiger partial charge on any atom is 0.236 e. The monoisotopic (exact) mass is 214 g/mol. The predicted octanol–water partition coefficient (Wildman–Crippen LogP) is 0.217. The predicted molar refractivity (Wildman–Crippen MR) is 59.6 cm³/mol. The molecule has 4 nitrogen and oxygen atoms in total. The number of aliphatic hydroxyl groups excluding tert-OH is 1. The smallest absolute Gasteiger partial charge is 0.236 e. The minimum absolute atomic E-state index is 0.0868. The molecule has 1 fully saturated rings. The van der Waals surface area contributed by atoms with Crippen LogP contribution >= 0.6 is 0 Å². The number of hydrogen-bond acceptors (Lipinski definition) is 3. The van der Waals surface area contributed by atoms with Gasteiger partial charge in [0, 0.05) is 31.7 Å². The number of nitrogens with zero attached hydrogens (tertiary/aromatic N) is 1. The van der Waals surface area contributed by atoms with Gasteiger partial charge in [-0.25, -0.2) is 0 Å². The largest absolute Gasteiger partial charge is 0.396 e. The number of carbonyl (C=O) groups is 1. The molecule has 1 amide bonds. The Labute approximate surface area is 91.6 Å². The Kier molecular flexibility index (Phi) is 4.54. The van der Waals surface area contributed by atoms with Crippen molar-refractivity contribution in [2.24, 2.45) is 5.41 Å². The summed E-state index contributed by atoms with van der Waals surface area (Å²) in [7, 11) is 0. The first-order chi connectivity index (χ1) is 7.17. The van der Waals surface area contributed by atoms with Gasteiger partial charge in [0.2, 0.25) is 5.91 Å². The van der Waals surface area contributed by atoms with Crippen LogP contribution in [0, 0.1) is 5.41 Å². The summed E-state index contributed by atoms with van der Waals surface area (Å²) in [5.74, 6) is 0.147. The van der Waals surface area contributed by atoms with Gasteiger partial charge in [0.05, 0.1) is 6.54 Å². The molecule has 0 bridgehead atoms. The highest BCUT2D eigenvalue weighted by Crippen LogP contribution is 2.44. The van der Waals surface area contributed by atoms with E-state index < -0.39 is 0 Å². The summed E-state index contributed by atoms with van der Waals surface area (Å²) in [6.45, 7) is 6.89. The fourth-order valence-corrected chi connectivity index (χ4v) is 1.69. The fourth-order valence-electron chi connectivity index (χ4n) is 1.69. The highest BCUT2D eigenvalue weighted by molar-refractivity contribution is 5.78. The second kappa shape index (κ2) is 5.47. The van der Waals surface area contributed by atoms with Gasteiger partial charge < -0.3 is 15.3 Å². The average molecular weight is 214 g/mol. The van der Waals surface area contributed by atoms with Crippen LogP contribution in [0.4, 0.5) is 0 Å². The molecule has 1 saturated carbocycles. The van der Waals surface area contributed by atoms with Crippen molar-refractivity contribution in [2.75, 3.05) is 32.8 Å². The second-order valence-corrected chi connectivity index (χ2v) is 4.33. The molecule has 15 heavy (non-hydrogen) atoms. The fraction of sp³-hybridized carbons (Fsp3) is 0.909. The zero-order valence-electron chi connectivity index (χ0n) is 9.75. The number of nitrogens with one attached hydrogen (secondary N) is 1. The average Bonchev–Trinajstić information content (AvgIpc) is 3.00. The lowest BCUT2D eigenvalue weighted by molar-refractivity contribution is -0.129. The van der Waals surface area contributed by atoms with Gasteiger partial charge in [-0.1, -0.05) is 0 Å². The maximum absolute atomic E-state index is 11.6. The van der Waals surface area contributed by atoms with Crippen molar-refractivity contribution in [2.45, 2.75) is 26.7 Å². The van der Waals surface area contributed by atoms with Gasteiger partial charge in [-0.3, -0.25) is 4.79 Å². The first-order valence-electron chi connectivity index (χ1n) is 5.77. The molecule has 0 aromatic heterocycles. The molecule has 0 aromatic rings. The third-order valence-corrected chi connectivity index (χ3v) is 3.18. The molecule has 0 radical (unpaired) electrons. The van der Waals surface area contributed by atoms with Crippen LogP contribution < -0.4 is 5.32 Å². The van der Waals surface area contributed by atoms with Gasteiger partial charge in [0.1, 0.15) is 0 Å². The van der Waals surface area contributed by atoms with Crippen LogP contribution in [0.5, 0.6) is 0 Å². The van der Waals surface area contributed by atoms with Crippen molar-refractivity contribution < 1.29 is 9.90 Å². The minimum Gasteiger partial charge on any atom is -0.396 e. The minimum atomic E-state index is 0.0868. The highest BCUT2D eigenvalue weighted by Gasteiger charge is 2.41. The van der Waals surface area contributed by atoms with E-state index in [9.17, 15) is 4.79 Å². The molecule has 1 aliphatic carbocycles. The van der Waals surface area contributed by atoms with Crippen molar-refractivity contribution in [3.8, 4) is 0 Å². The van der Waals surface area contributed by atoms with E-state index in [0.29, 0.717) is 6.54 Å². The number of likely N-dealkylation sites (N-methyl/N-ethyl adjacent to an activating group) is 1. The number of aliphatic hydroxyl groups is 1. The number of amides is 1. The number of hydrogen-bond donors (Lipinski definition) is 2. The summed E-state index contributed by atoms with van der Waals surface area (Å²) in [5, 5.41) is 12.2. The molecule has 1 aliphatic rings. The summed E-state index contributed by atoms with van der Waals surface area (Å²) >= 11 is 0. The first-order valence-corrected chi connectivity index (χ1v) is 5.77. The van der Waals surface area contributed by atoms with Crippen molar-refractivity contribution in [1.29, 1.82) is 0 Å². The molecule has 0 aliphatic heterocycles. The maximum atomic E-state index is 11.6. The van der Waals surface area contributed by atoms with Gasteiger partial charge in [-0.15, -0.1) is 0 Å². The molecule has 0 unspecified atom stereocenters. The van der Waals surface area contributed by atoms with E-state index in [4.69, 9.17) is 5.11 Å². The molecule has 1 rings (SSSR count). The SMILES string of the molecule is CCN(CC)C(=O)CNCC1(CO)CC1. The topological polar surface area (TPSA) is 52.6 Å². The molecule has 0 aromatic carbocycles. The summed E-state index contributed by atoms with van der Waals surface area (Å²) in [6, 6.07) is 0. The van der Waals surface area contributed by atoms with Crippen LogP contribution in [0.1, 0.15) is 26.7 Å². The molecule has 0 saturated heterocycles. The van der Waals surface area contributed by atoms with Crippen molar-refractivity contribution in [1.82, 2.24) is 10.2 Å². The van der Waals surface area contributed by atoms with Crippen LogP contribution in [-0.2, 0) is 4.79 Å². The summed E-state index contributed by atoms with van der Waals surface area (Å²) in [6.07, 6.45) is 2.16. The Morgan fingerprint density at radius 1 is 1.40 bits per heavy atom. The molecule has 88 valence electrons. The quantitative estimate of drug-likeness (QED) is 0.637.